The first-order valence-corrected chi connectivity index (χ1v) is 22.1. The smallest absolute Gasteiger partial charge is 0.263 e. The fourth-order valence-electron chi connectivity index (χ4n) is 8.99. The molecule has 0 spiro atoms. The van der Waals surface area contributed by atoms with E-state index in [0.29, 0.717) is 49.2 Å². The number of hydrogen-bond acceptors (Lipinski definition) is 7. The third-order valence-corrected chi connectivity index (χ3v) is 13.4. The lowest BCUT2D eigenvalue weighted by atomic mass is 9.81. The Labute approximate surface area is 339 Å². The van der Waals surface area contributed by atoms with E-state index in [9.17, 15) is 13.8 Å². The molecule has 0 bridgehead atoms. The van der Waals surface area contributed by atoms with Gasteiger partial charge in [-0.2, -0.15) is 5.10 Å². The molecule has 3 unspecified atom stereocenters. The average Bonchev–Trinajstić information content (AvgIpc) is 3.75. The van der Waals surface area contributed by atoms with E-state index in [-0.39, 0.29) is 35.9 Å². The van der Waals surface area contributed by atoms with Crippen LogP contribution < -0.4 is 9.46 Å². The number of nitrogens with one attached hydrogen (secondary N) is 1. The van der Waals surface area contributed by atoms with Gasteiger partial charge in [0.05, 0.1) is 68.2 Å². The van der Waals surface area contributed by atoms with Crippen molar-refractivity contribution in [1.29, 1.82) is 0 Å². The van der Waals surface area contributed by atoms with Crippen LogP contribution in [0.25, 0.3) is 27.7 Å². The lowest BCUT2D eigenvalue weighted by molar-refractivity contribution is -0.0508. The molecule has 2 aliphatic carbocycles. The molecule has 1 N–H and O–H groups in total. The van der Waals surface area contributed by atoms with Crippen molar-refractivity contribution in [2.24, 2.45) is 5.92 Å². The summed E-state index contributed by atoms with van der Waals surface area (Å²) in [4.78, 5) is 30.5. The van der Waals surface area contributed by atoms with Crippen LogP contribution in [0.5, 0.6) is 5.75 Å². The maximum absolute atomic E-state index is 14.8. The number of allylic oxidation sites excluding steroid dienone is 2. The second-order valence-corrected chi connectivity index (χ2v) is 17.7. The zero-order chi connectivity index (χ0) is 40.2. The van der Waals surface area contributed by atoms with Gasteiger partial charge in [-0.25, -0.2) is 4.21 Å². The molecule has 3 fully saturated rings. The molecule has 4 aromatic rings. The molecule has 306 valence electrons. The van der Waals surface area contributed by atoms with Gasteiger partial charge in [0.2, 0.25) is 0 Å². The van der Waals surface area contributed by atoms with Gasteiger partial charge >= 0.3 is 0 Å². The van der Waals surface area contributed by atoms with Crippen LogP contribution in [-0.4, -0.2) is 87.1 Å². The molecule has 2 amide bonds. The van der Waals surface area contributed by atoms with Crippen LogP contribution >= 0.6 is 0 Å². The Hall–Kier alpha value is -4.26. The molecule has 3 atom stereocenters. The first-order valence-electron chi connectivity index (χ1n) is 20.8. The van der Waals surface area contributed by atoms with Gasteiger partial charge < -0.3 is 23.7 Å². The lowest BCUT2D eigenvalue weighted by Gasteiger charge is -2.40. The summed E-state index contributed by atoms with van der Waals surface area (Å²) in [5.41, 5.74) is 7.21. The van der Waals surface area contributed by atoms with Gasteiger partial charge in [0.25, 0.3) is 11.8 Å². The topological polar surface area (TPSA) is 117 Å². The van der Waals surface area contributed by atoms with Crippen molar-refractivity contribution in [3.05, 3.63) is 77.1 Å². The number of aromatic nitrogens is 3. The zero-order valence-electron chi connectivity index (χ0n) is 34.4. The normalized spacial score (nSPS) is 20.2. The van der Waals surface area contributed by atoms with Crippen molar-refractivity contribution in [3.63, 3.8) is 0 Å². The monoisotopic (exact) mass is 797 g/mol. The molecule has 3 aliphatic rings. The van der Waals surface area contributed by atoms with E-state index in [1.165, 1.54) is 12.0 Å². The molecular formula is C45H59N5O6S. The number of ether oxygens (including phenoxy) is 3. The van der Waals surface area contributed by atoms with Crippen molar-refractivity contribution < 1.29 is 28.0 Å². The summed E-state index contributed by atoms with van der Waals surface area (Å²) in [7, 11) is 1.84. The fraction of sp³-hybridized carbons (Fsp3) is 0.533. The maximum Gasteiger partial charge on any atom is 0.263 e. The fourth-order valence-corrected chi connectivity index (χ4v) is 10.0. The summed E-state index contributed by atoms with van der Waals surface area (Å²) in [5, 5.41) is 6.06. The summed E-state index contributed by atoms with van der Waals surface area (Å²) in [5.74, 6) is 1.24. The Morgan fingerprint density at radius 2 is 1.77 bits per heavy atom. The van der Waals surface area contributed by atoms with E-state index in [0.717, 1.165) is 84.1 Å². The number of carbonyl (C=O) groups excluding carboxylic acids is 2. The van der Waals surface area contributed by atoms with E-state index < -0.39 is 11.0 Å². The molecule has 0 radical (unpaired) electrons. The predicted octanol–water partition coefficient (Wildman–Crippen LogP) is 8.32. The number of benzene rings is 2. The highest BCUT2D eigenvalue weighted by atomic mass is 32.2. The average molecular weight is 798 g/mol. The molecule has 3 heterocycles. The third-order valence-electron chi connectivity index (χ3n) is 12.0. The Balaban J connectivity index is 1.41. The minimum atomic E-state index is -1.49. The van der Waals surface area contributed by atoms with Gasteiger partial charge in [0.15, 0.2) is 0 Å². The van der Waals surface area contributed by atoms with Crippen LogP contribution in [-0.2, 0) is 27.0 Å². The van der Waals surface area contributed by atoms with Gasteiger partial charge in [-0.15, -0.1) is 0 Å². The zero-order valence-corrected chi connectivity index (χ0v) is 35.2. The molecule has 12 heteroatoms. The van der Waals surface area contributed by atoms with Crippen molar-refractivity contribution in [2.75, 3.05) is 39.8 Å². The molecule has 11 nitrogen and oxygen atoms in total. The first-order chi connectivity index (χ1) is 27.6. The van der Waals surface area contributed by atoms with Crippen LogP contribution in [0, 0.1) is 5.92 Å². The molecule has 2 aromatic heterocycles. The van der Waals surface area contributed by atoms with Crippen LogP contribution in [0.15, 0.2) is 54.7 Å². The first kappa shape index (κ1) is 40.9. The number of methoxy groups -OCH3 is 2. The summed E-state index contributed by atoms with van der Waals surface area (Å²) < 4.78 is 37.1. The summed E-state index contributed by atoms with van der Waals surface area (Å²) >= 11 is 0. The Kier molecular flexibility index (Phi) is 13.0. The summed E-state index contributed by atoms with van der Waals surface area (Å²) in [6, 6.07) is 14.0. The van der Waals surface area contributed by atoms with Crippen LogP contribution in [0.1, 0.15) is 123 Å². The minimum Gasteiger partial charge on any atom is -0.497 e. The highest BCUT2D eigenvalue weighted by molar-refractivity contribution is 7.83. The number of rotatable bonds is 14. The number of hydrogen-bond donors (Lipinski definition) is 1. The van der Waals surface area contributed by atoms with E-state index in [1.807, 2.05) is 56.9 Å². The quantitative estimate of drug-likeness (QED) is 0.136. The number of amides is 2. The van der Waals surface area contributed by atoms with Crippen molar-refractivity contribution in [2.45, 2.75) is 110 Å². The second-order valence-electron chi connectivity index (χ2n) is 16.4. The van der Waals surface area contributed by atoms with E-state index in [1.54, 1.807) is 20.4 Å². The SMILES string of the molecule is C/C=C(\Cn1c(-c2ccc(OC)cc2)c(C2CCCCC2)c2ccc(C(=O)NS(=O)CC(C)C)cc21)c1c(C(=O)N2C(C)COCC2COC)cnn1C1CCC1. The number of morpholine rings is 1. The standard InChI is InChI=1S/C45H59N5O6S/c1-7-31(42-39(23-46-50(42)35-14-11-15-35)45(52)49-30(4)25-56-27-36(49)26-54-5)24-48-40-22-34(44(51)47-57(53)28-29(2)3)18-21-38(40)41(32-12-9-8-10-13-32)43(48)33-16-19-37(55-6)20-17-33/h7,16-23,29-30,32,35-36H,8-15,24-28H2,1-6H3,(H,47,51)/b31-7+. The molecule has 1 saturated heterocycles. The predicted molar refractivity (Wildman–Crippen MR) is 226 cm³/mol. The van der Waals surface area contributed by atoms with Gasteiger partial charge in [-0.1, -0.05) is 45.3 Å². The highest BCUT2D eigenvalue weighted by Gasteiger charge is 2.37. The van der Waals surface area contributed by atoms with Gasteiger partial charge in [-0.05, 0) is 111 Å². The largest absolute Gasteiger partial charge is 0.497 e. The lowest BCUT2D eigenvalue weighted by Crippen LogP contribution is -2.55. The van der Waals surface area contributed by atoms with Crippen molar-refractivity contribution in [3.8, 4) is 17.0 Å². The van der Waals surface area contributed by atoms with E-state index >= 15 is 0 Å². The summed E-state index contributed by atoms with van der Waals surface area (Å²) in [6.07, 6.45) is 12.7. The third kappa shape index (κ3) is 8.50. The number of nitrogens with zero attached hydrogens (tertiary/aromatic N) is 4. The second kappa shape index (κ2) is 18.1. The van der Waals surface area contributed by atoms with E-state index in [4.69, 9.17) is 19.3 Å². The van der Waals surface area contributed by atoms with E-state index in [2.05, 4.69) is 38.2 Å². The van der Waals surface area contributed by atoms with Gasteiger partial charge in [0.1, 0.15) is 16.7 Å². The minimum absolute atomic E-state index is 0.0724. The molecule has 57 heavy (non-hydrogen) atoms. The molecule has 1 aliphatic heterocycles. The van der Waals surface area contributed by atoms with Crippen LogP contribution in [0.3, 0.4) is 0 Å². The number of carbonyl (C=O) groups is 2. The number of fused-ring (bicyclic) bond motifs is 1. The summed E-state index contributed by atoms with van der Waals surface area (Å²) in [6.45, 7) is 9.73. The van der Waals surface area contributed by atoms with Crippen molar-refractivity contribution in [1.82, 2.24) is 24.0 Å². The van der Waals surface area contributed by atoms with Crippen LogP contribution in [0.2, 0.25) is 0 Å². The molecule has 2 aromatic carbocycles. The van der Waals surface area contributed by atoms with Gasteiger partial charge in [-0.3, -0.25) is 19.0 Å². The molecule has 7 rings (SSSR count). The Morgan fingerprint density at radius 1 is 1.02 bits per heavy atom. The van der Waals surface area contributed by atoms with Crippen molar-refractivity contribution >= 4 is 39.3 Å². The Bertz CT molecular complexity index is 2110. The highest BCUT2D eigenvalue weighted by Crippen LogP contribution is 2.46. The molecular weight excluding hydrogens is 739 g/mol. The molecule has 2 saturated carbocycles. The van der Waals surface area contributed by atoms with Gasteiger partial charge in [0, 0.05) is 35.9 Å². The Morgan fingerprint density at radius 3 is 2.42 bits per heavy atom. The van der Waals surface area contributed by atoms with Crippen LogP contribution in [0.4, 0.5) is 0 Å². The maximum atomic E-state index is 14.8.